The number of allylic oxidation sites excluding steroid dienone is 1. The zero-order valence-electron chi connectivity index (χ0n) is 15.5. The summed E-state index contributed by atoms with van der Waals surface area (Å²) < 4.78 is 11.8. The van der Waals surface area contributed by atoms with E-state index in [4.69, 9.17) is 21.1 Å². The van der Waals surface area contributed by atoms with Crippen LogP contribution in [0.2, 0.25) is 5.02 Å². The van der Waals surface area contributed by atoms with Gasteiger partial charge < -0.3 is 14.6 Å². The van der Waals surface area contributed by atoms with Gasteiger partial charge in [-0.25, -0.2) is 0 Å². The lowest BCUT2D eigenvalue weighted by atomic mass is 9.80. The molecule has 0 aromatic heterocycles. The molecule has 2 aromatic rings. The molecule has 2 aliphatic heterocycles. The zero-order chi connectivity index (χ0) is 19.4. The molecule has 1 N–H and O–H groups in total. The minimum atomic E-state index is -0.244. The summed E-state index contributed by atoms with van der Waals surface area (Å²) in [5, 5.41) is 11.5. The van der Waals surface area contributed by atoms with Gasteiger partial charge in [0.05, 0.1) is 34.6 Å². The average Bonchev–Trinajstić information content (AvgIpc) is 3.37. The van der Waals surface area contributed by atoms with Crippen molar-refractivity contribution in [3.8, 4) is 11.5 Å². The third-order valence-electron chi connectivity index (χ3n) is 6.19. The summed E-state index contributed by atoms with van der Waals surface area (Å²) in [6.45, 7) is 2.04. The first-order valence-electron chi connectivity index (χ1n) is 9.77. The molecule has 2 heterocycles. The lowest BCUT2D eigenvalue weighted by Crippen LogP contribution is -2.29. The quantitative estimate of drug-likeness (QED) is 0.757. The molecule has 3 aliphatic rings. The Morgan fingerprint density at radius 1 is 1.14 bits per heavy atom. The van der Waals surface area contributed by atoms with Gasteiger partial charge >= 0.3 is 0 Å². The number of Topliss-reactive ketones (excluding diaryl/α,β-unsaturated/α-hetero) is 1. The van der Waals surface area contributed by atoms with Gasteiger partial charge in [0.15, 0.2) is 5.78 Å². The number of halogens is 1. The maximum absolute atomic E-state index is 13.2. The molecule has 144 valence electrons. The molecule has 2 fully saturated rings. The summed E-state index contributed by atoms with van der Waals surface area (Å²) >= 11 is 6.21. The van der Waals surface area contributed by atoms with Crippen molar-refractivity contribution in [2.75, 3.05) is 0 Å². The third kappa shape index (κ3) is 2.59. The van der Waals surface area contributed by atoms with Crippen molar-refractivity contribution in [3.63, 3.8) is 0 Å². The Bertz CT molecular complexity index is 996. The number of ether oxygens (including phenoxy) is 2. The first-order valence-corrected chi connectivity index (χ1v) is 10.1. The van der Waals surface area contributed by atoms with Gasteiger partial charge in [0.1, 0.15) is 17.3 Å². The number of carbonyl (C=O) groups excluding carboxylic acids is 1. The maximum atomic E-state index is 13.2. The van der Waals surface area contributed by atoms with E-state index in [1.165, 1.54) is 0 Å². The predicted octanol–water partition coefficient (Wildman–Crippen LogP) is 5.34. The highest BCUT2D eigenvalue weighted by Crippen LogP contribution is 2.54. The van der Waals surface area contributed by atoms with Crippen LogP contribution in [-0.2, 0) is 16.0 Å². The molecule has 2 bridgehead atoms. The van der Waals surface area contributed by atoms with Crippen LogP contribution in [-0.4, -0.2) is 23.1 Å². The number of aliphatic hydroxyl groups excluding tert-OH is 1. The Labute approximate surface area is 168 Å². The second-order valence-electron chi connectivity index (χ2n) is 7.67. The number of benzene rings is 2. The molecule has 4 atom stereocenters. The van der Waals surface area contributed by atoms with Crippen LogP contribution in [0.3, 0.4) is 0 Å². The zero-order valence-corrected chi connectivity index (χ0v) is 16.3. The largest absolute Gasteiger partial charge is 0.511 e. The van der Waals surface area contributed by atoms with Crippen LogP contribution in [0.4, 0.5) is 0 Å². The monoisotopic (exact) mass is 396 g/mol. The van der Waals surface area contributed by atoms with Crippen molar-refractivity contribution in [1.82, 2.24) is 0 Å². The molecule has 5 rings (SSSR count). The van der Waals surface area contributed by atoms with E-state index in [1.807, 2.05) is 37.3 Å². The van der Waals surface area contributed by atoms with Gasteiger partial charge in [-0.15, -0.1) is 0 Å². The number of hydrogen-bond acceptors (Lipinski definition) is 4. The molecular weight excluding hydrogens is 376 g/mol. The molecule has 28 heavy (non-hydrogen) atoms. The van der Waals surface area contributed by atoms with Crippen molar-refractivity contribution < 1.29 is 19.4 Å². The Balaban J connectivity index is 1.56. The molecule has 2 aromatic carbocycles. The molecule has 0 radical (unpaired) electrons. The number of hydrogen-bond donors (Lipinski definition) is 1. The smallest absolute Gasteiger partial charge is 0.173 e. The summed E-state index contributed by atoms with van der Waals surface area (Å²) in [5.41, 5.74) is 2.20. The lowest BCUT2D eigenvalue weighted by Gasteiger charge is -2.19. The molecule has 4 nitrogen and oxygen atoms in total. The van der Waals surface area contributed by atoms with Gasteiger partial charge in [-0.1, -0.05) is 36.7 Å². The van der Waals surface area contributed by atoms with Gasteiger partial charge in [-0.05, 0) is 54.7 Å². The van der Waals surface area contributed by atoms with E-state index in [-0.39, 0.29) is 35.6 Å². The van der Waals surface area contributed by atoms with Crippen molar-refractivity contribution >= 4 is 23.0 Å². The Kier molecular flexibility index (Phi) is 4.22. The van der Waals surface area contributed by atoms with Gasteiger partial charge in [0.25, 0.3) is 0 Å². The van der Waals surface area contributed by atoms with Gasteiger partial charge in [-0.3, -0.25) is 4.79 Å². The van der Waals surface area contributed by atoms with Crippen LogP contribution in [0.1, 0.15) is 30.9 Å². The summed E-state index contributed by atoms with van der Waals surface area (Å²) in [5.74, 6) is 0.889. The molecular formula is C23H21ClO4. The van der Waals surface area contributed by atoms with E-state index < -0.39 is 0 Å². The summed E-state index contributed by atoms with van der Waals surface area (Å²) in [4.78, 5) is 13.2. The van der Waals surface area contributed by atoms with Crippen LogP contribution in [0.25, 0.3) is 5.57 Å². The number of fused-ring (bicyclic) bond motifs is 5. The van der Waals surface area contributed by atoms with Crippen molar-refractivity contribution in [3.05, 3.63) is 64.4 Å². The fourth-order valence-electron chi connectivity index (χ4n) is 4.90. The van der Waals surface area contributed by atoms with Crippen LogP contribution >= 0.6 is 11.6 Å². The number of para-hydroxylation sites is 1. The topological polar surface area (TPSA) is 55.8 Å². The minimum absolute atomic E-state index is 0.000654. The Morgan fingerprint density at radius 3 is 2.61 bits per heavy atom. The van der Waals surface area contributed by atoms with E-state index in [0.29, 0.717) is 22.1 Å². The highest BCUT2D eigenvalue weighted by atomic mass is 35.5. The highest BCUT2D eigenvalue weighted by molar-refractivity contribution is 6.32. The fraction of sp³-hybridized carbons (Fsp3) is 0.348. The van der Waals surface area contributed by atoms with Crippen molar-refractivity contribution in [1.29, 1.82) is 0 Å². The summed E-state index contributed by atoms with van der Waals surface area (Å²) in [6.07, 6.45) is 2.46. The third-order valence-corrected chi connectivity index (χ3v) is 6.50. The number of carbonyl (C=O) groups is 1. The Morgan fingerprint density at radius 2 is 1.89 bits per heavy atom. The van der Waals surface area contributed by atoms with E-state index in [2.05, 4.69) is 0 Å². The SMILES string of the molecule is CCc1ccc(Oc2ccccc2Cl)cc1C1=C(O)C2C3CCC(O3)C2C1=O. The molecule has 4 unspecified atom stereocenters. The minimum Gasteiger partial charge on any atom is -0.511 e. The average molecular weight is 397 g/mol. The van der Waals surface area contributed by atoms with E-state index >= 15 is 0 Å². The van der Waals surface area contributed by atoms with Crippen LogP contribution in [0, 0.1) is 11.8 Å². The fourth-order valence-corrected chi connectivity index (χ4v) is 5.08. The van der Waals surface area contributed by atoms with Crippen LogP contribution in [0.15, 0.2) is 48.2 Å². The second kappa shape index (κ2) is 6.64. The Hall–Kier alpha value is -2.30. The first kappa shape index (κ1) is 17.8. The van der Waals surface area contributed by atoms with E-state index in [1.54, 1.807) is 12.1 Å². The molecule has 5 heteroatoms. The standard InChI is InChI=1S/C23H21ClO4/c1-2-12-7-8-13(27-16-6-4-3-5-15(16)24)11-14(12)19-22(25)20-17-9-10-18(28-17)21(20)23(19)26/h3-8,11,17-18,20-21,25H,2,9-10H2,1H3. The normalized spacial score (nSPS) is 28.1. The van der Waals surface area contributed by atoms with Crippen molar-refractivity contribution in [2.45, 2.75) is 38.4 Å². The highest BCUT2D eigenvalue weighted by Gasteiger charge is 2.59. The van der Waals surface area contributed by atoms with Crippen LogP contribution in [0.5, 0.6) is 11.5 Å². The molecule has 2 saturated heterocycles. The van der Waals surface area contributed by atoms with Gasteiger partial charge in [-0.2, -0.15) is 0 Å². The molecule has 0 spiro atoms. The molecule has 0 saturated carbocycles. The van der Waals surface area contributed by atoms with E-state index in [0.717, 1.165) is 30.4 Å². The summed E-state index contributed by atoms with van der Waals surface area (Å²) in [7, 11) is 0. The number of ketones is 1. The van der Waals surface area contributed by atoms with Gasteiger partial charge in [0, 0.05) is 0 Å². The van der Waals surface area contributed by atoms with Crippen LogP contribution < -0.4 is 4.74 Å². The summed E-state index contributed by atoms with van der Waals surface area (Å²) in [6, 6.07) is 12.9. The predicted molar refractivity (Wildman–Crippen MR) is 107 cm³/mol. The number of aryl methyl sites for hydroxylation is 1. The van der Waals surface area contributed by atoms with Gasteiger partial charge in [0.2, 0.25) is 0 Å². The number of aliphatic hydroxyl groups is 1. The first-order chi connectivity index (χ1) is 13.6. The maximum Gasteiger partial charge on any atom is 0.173 e. The van der Waals surface area contributed by atoms with Crippen molar-refractivity contribution in [2.24, 2.45) is 11.8 Å². The number of rotatable bonds is 4. The second-order valence-corrected chi connectivity index (χ2v) is 8.08. The lowest BCUT2D eigenvalue weighted by molar-refractivity contribution is -0.118. The van der Waals surface area contributed by atoms with E-state index in [9.17, 15) is 9.90 Å². The molecule has 1 aliphatic carbocycles. The molecule has 0 amide bonds.